The number of aromatic nitrogens is 1. The first-order valence-electron chi connectivity index (χ1n) is 11.1. The van der Waals surface area contributed by atoms with E-state index in [4.69, 9.17) is 4.74 Å². The van der Waals surface area contributed by atoms with Gasteiger partial charge in [0.1, 0.15) is 5.69 Å². The Morgan fingerprint density at radius 3 is 2.73 bits per heavy atom. The molecule has 1 aromatic heterocycles. The number of benzene rings is 1. The van der Waals surface area contributed by atoms with Crippen molar-refractivity contribution in [2.75, 3.05) is 13.2 Å². The van der Waals surface area contributed by atoms with E-state index in [1.54, 1.807) is 6.07 Å². The fourth-order valence-electron chi connectivity index (χ4n) is 4.72. The van der Waals surface area contributed by atoms with Gasteiger partial charge in [0.25, 0.3) is 11.8 Å². The number of likely N-dealkylation sites (tertiary alicyclic amines) is 1. The lowest BCUT2D eigenvalue weighted by atomic mass is 10.0. The molecule has 6 heteroatoms. The van der Waals surface area contributed by atoms with E-state index in [9.17, 15) is 9.59 Å². The van der Waals surface area contributed by atoms with Crippen LogP contribution in [0.2, 0.25) is 0 Å². The SMILES string of the molecule is CC[C@H]1CCCN1C(=O)c1cc(C(=O)N[C@H](CC)c2ccccc2)c2n1CCOC2. The monoisotopic (exact) mass is 409 g/mol. The first-order valence-corrected chi connectivity index (χ1v) is 11.1. The largest absolute Gasteiger partial charge is 0.373 e. The van der Waals surface area contributed by atoms with E-state index in [0.29, 0.717) is 37.1 Å². The number of rotatable bonds is 6. The number of hydrogen-bond acceptors (Lipinski definition) is 3. The Labute approximate surface area is 178 Å². The Kier molecular flexibility index (Phi) is 6.23. The molecule has 1 saturated heterocycles. The highest BCUT2D eigenvalue weighted by Gasteiger charge is 2.33. The molecule has 1 fully saturated rings. The van der Waals surface area contributed by atoms with Crippen LogP contribution in [0.5, 0.6) is 0 Å². The smallest absolute Gasteiger partial charge is 0.270 e. The third-order valence-electron chi connectivity index (χ3n) is 6.40. The molecule has 2 aliphatic heterocycles. The van der Waals surface area contributed by atoms with Crippen molar-refractivity contribution in [1.82, 2.24) is 14.8 Å². The number of amides is 2. The van der Waals surface area contributed by atoms with Gasteiger partial charge >= 0.3 is 0 Å². The molecule has 0 bridgehead atoms. The Morgan fingerprint density at radius 1 is 1.20 bits per heavy atom. The summed E-state index contributed by atoms with van der Waals surface area (Å²) < 4.78 is 7.63. The molecule has 0 radical (unpaired) electrons. The fourth-order valence-corrected chi connectivity index (χ4v) is 4.72. The molecular weight excluding hydrogens is 378 g/mol. The minimum atomic E-state index is -0.146. The summed E-state index contributed by atoms with van der Waals surface area (Å²) in [6, 6.07) is 12.0. The second-order valence-electron chi connectivity index (χ2n) is 8.14. The molecule has 4 rings (SSSR count). The highest BCUT2D eigenvalue weighted by atomic mass is 16.5. The maximum atomic E-state index is 13.4. The zero-order chi connectivity index (χ0) is 21.1. The van der Waals surface area contributed by atoms with Crippen molar-refractivity contribution >= 4 is 11.8 Å². The number of fused-ring (bicyclic) bond motifs is 1. The van der Waals surface area contributed by atoms with Crippen LogP contribution < -0.4 is 5.32 Å². The molecule has 2 atom stereocenters. The minimum Gasteiger partial charge on any atom is -0.373 e. The summed E-state index contributed by atoms with van der Waals surface area (Å²) in [5.41, 5.74) is 3.06. The van der Waals surface area contributed by atoms with Gasteiger partial charge in [0, 0.05) is 19.1 Å². The molecule has 30 heavy (non-hydrogen) atoms. The highest BCUT2D eigenvalue weighted by Crippen LogP contribution is 2.27. The average Bonchev–Trinajstić information content (AvgIpc) is 3.42. The summed E-state index contributed by atoms with van der Waals surface area (Å²) in [6.45, 7) is 6.50. The minimum absolute atomic E-state index is 0.0386. The van der Waals surface area contributed by atoms with Gasteiger partial charge in [0.2, 0.25) is 0 Å². The van der Waals surface area contributed by atoms with Crippen molar-refractivity contribution in [3.05, 3.63) is 58.9 Å². The Hall–Kier alpha value is -2.60. The van der Waals surface area contributed by atoms with E-state index in [0.717, 1.165) is 43.5 Å². The van der Waals surface area contributed by atoms with Crippen molar-refractivity contribution in [3.63, 3.8) is 0 Å². The highest BCUT2D eigenvalue weighted by molar-refractivity contribution is 6.01. The molecule has 0 saturated carbocycles. The maximum Gasteiger partial charge on any atom is 0.270 e. The lowest BCUT2D eigenvalue weighted by molar-refractivity contribution is 0.0673. The van der Waals surface area contributed by atoms with Gasteiger partial charge in [-0.15, -0.1) is 0 Å². The van der Waals surface area contributed by atoms with Crippen molar-refractivity contribution < 1.29 is 14.3 Å². The van der Waals surface area contributed by atoms with Crippen LogP contribution in [0, 0.1) is 0 Å². The van der Waals surface area contributed by atoms with Crippen LogP contribution in [-0.2, 0) is 17.9 Å². The topological polar surface area (TPSA) is 63.6 Å². The van der Waals surface area contributed by atoms with Crippen molar-refractivity contribution in [2.24, 2.45) is 0 Å². The van der Waals surface area contributed by atoms with Gasteiger partial charge in [-0.1, -0.05) is 44.2 Å². The fraction of sp³-hybridized carbons (Fsp3) is 0.500. The molecule has 2 aromatic rings. The Bertz CT molecular complexity index is 906. The first-order chi connectivity index (χ1) is 14.6. The molecule has 3 heterocycles. The van der Waals surface area contributed by atoms with E-state index in [1.165, 1.54) is 0 Å². The number of nitrogens with zero attached hydrogens (tertiary/aromatic N) is 2. The molecule has 6 nitrogen and oxygen atoms in total. The van der Waals surface area contributed by atoms with Gasteiger partial charge < -0.3 is 19.5 Å². The molecule has 1 aromatic carbocycles. The molecule has 0 unspecified atom stereocenters. The third-order valence-corrected chi connectivity index (χ3v) is 6.40. The van der Waals surface area contributed by atoms with E-state index >= 15 is 0 Å². The van der Waals surface area contributed by atoms with Crippen LogP contribution in [0.4, 0.5) is 0 Å². The number of hydrogen-bond donors (Lipinski definition) is 1. The summed E-state index contributed by atoms with van der Waals surface area (Å²) >= 11 is 0. The van der Waals surface area contributed by atoms with Crippen molar-refractivity contribution in [2.45, 2.75) is 64.8 Å². The third kappa shape index (κ3) is 3.88. The van der Waals surface area contributed by atoms with Crippen molar-refractivity contribution in [1.29, 1.82) is 0 Å². The van der Waals surface area contributed by atoms with Crippen LogP contribution in [0.15, 0.2) is 36.4 Å². The Balaban J connectivity index is 1.62. The summed E-state index contributed by atoms with van der Waals surface area (Å²) in [4.78, 5) is 28.6. The van der Waals surface area contributed by atoms with Gasteiger partial charge in [-0.3, -0.25) is 9.59 Å². The van der Waals surface area contributed by atoms with Gasteiger partial charge in [0.15, 0.2) is 0 Å². The van der Waals surface area contributed by atoms with E-state index in [1.807, 2.05) is 39.8 Å². The lowest BCUT2D eigenvalue weighted by Crippen LogP contribution is -2.37. The summed E-state index contributed by atoms with van der Waals surface area (Å²) in [5, 5.41) is 3.16. The molecule has 2 aliphatic rings. The van der Waals surface area contributed by atoms with E-state index in [2.05, 4.69) is 19.2 Å². The number of carbonyl (C=O) groups excluding carboxylic acids is 2. The van der Waals surface area contributed by atoms with Crippen LogP contribution in [0.1, 0.15) is 77.7 Å². The predicted molar refractivity (Wildman–Crippen MR) is 115 cm³/mol. The first kappa shape index (κ1) is 20.7. The summed E-state index contributed by atoms with van der Waals surface area (Å²) in [6.07, 6.45) is 3.86. The van der Waals surface area contributed by atoms with Gasteiger partial charge in [-0.25, -0.2) is 0 Å². The molecule has 2 amide bonds. The average molecular weight is 410 g/mol. The number of ether oxygens (including phenoxy) is 1. The normalized spacial score (nSPS) is 19.4. The van der Waals surface area contributed by atoms with Crippen LogP contribution >= 0.6 is 0 Å². The Morgan fingerprint density at radius 2 is 2.00 bits per heavy atom. The van der Waals surface area contributed by atoms with Crippen molar-refractivity contribution in [3.8, 4) is 0 Å². The second kappa shape index (κ2) is 9.04. The zero-order valence-electron chi connectivity index (χ0n) is 17.9. The van der Waals surface area contributed by atoms with E-state index in [-0.39, 0.29) is 17.9 Å². The molecule has 160 valence electrons. The van der Waals surface area contributed by atoms with Crippen LogP contribution in [-0.4, -0.2) is 40.5 Å². The van der Waals surface area contributed by atoms with Gasteiger partial charge in [0.05, 0.1) is 30.5 Å². The molecule has 0 spiro atoms. The maximum absolute atomic E-state index is 13.4. The van der Waals surface area contributed by atoms with Crippen LogP contribution in [0.25, 0.3) is 0 Å². The van der Waals surface area contributed by atoms with Crippen LogP contribution in [0.3, 0.4) is 0 Å². The van der Waals surface area contributed by atoms with E-state index < -0.39 is 0 Å². The number of nitrogens with one attached hydrogen (secondary N) is 1. The van der Waals surface area contributed by atoms with Gasteiger partial charge in [-0.2, -0.15) is 0 Å². The quantitative estimate of drug-likeness (QED) is 0.787. The molecular formula is C24H31N3O3. The summed E-state index contributed by atoms with van der Waals surface area (Å²) in [5.74, 6) is -0.107. The zero-order valence-corrected chi connectivity index (χ0v) is 17.9. The second-order valence-corrected chi connectivity index (χ2v) is 8.14. The standard InChI is InChI=1S/C24H31N3O3/c1-3-18-11-8-12-26(18)24(29)21-15-19(22-16-30-14-13-27(21)22)23(28)25-20(4-2)17-9-6-5-7-10-17/h5-7,9-10,15,18,20H,3-4,8,11-14,16H2,1-2H3,(H,25,28)/t18-,20+/m0/s1. The molecule has 1 N–H and O–H groups in total. The predicted octanol–water partition coefficient (Wildman–Crippen LogP) is 3.91. The van der Waals surface area contributed by atoms with Gasteiger partial charge in [-0.05, 0) is 37.3 Å². The number of carbonyl (C=O) groups is 2. The molecule has 0 aliphatic carbocycles. The summed E-state index contributed by atoms with van der Waals surface area (Å²) in [7, 11) is 0. The lowest BCUT2D eigenvalue weighted by Gasteiger charge is -2.25.